The highest BCUT2D eigenvalue weighted by Crippen LogP contribution is 2.20. The second-order valence-corrected chi connectivity index (χ2v) is 4.60. The van der Waals surface area contributed by atoms with Crippen LogP contribution in [0.3, 0.4) is 0 Å². The number of aliphatic hydroxyl groups excluding tert-OH is 4. The molecule has 0 aromatic heterocycles. The van der Waals surface area contributed by atoms with E-state index in [1.54, 1.807) is 0 Å². The van der Waals surface area contributed by atoms with Gasteiger partial charge in [0.1, 0.15) is 30.1 Å². The van der Waals surface area contributed by atoms with Crippen LogP contribution in [-0.4, -0.2) is 69.4 Å². The van der Waals surface area contributed by atoms with Crippen LogP contribution in [0.5, 0.6) is 0 Å². The average Bonchev–Trinajstić information content (AvgIpc) is 2.37. The fourth-order valence-corrected chi connectivity index (χ4v) is 1.73. The molecule has 110 valence electrons. The minimum atomic E-state index is -1.58. The number of amides is 1. The van der Waals surface area contributed by atoms with E-state index in [-0.39, 0.29) is 5.78 Å². The zero-order chi connectivity index (χ0) is 14.7. The molecule has 1 fully saturated rings. The SMILES string of the molecule is CC(=O)C(C)C(=O)NC1C(O)[C@@H](O)C(CO)O[C@H]1O. The van der Waals surface area contributed by atoms with Gasteiger partial charge in [0.25, 0.3) is 0 Å². The molecule has 1 aliphatic heterocycles. The van der Waals surface area contributed by atoms with E-state index in [1.807, 2.05) is 0 Å². The molecule has 0 bridgehead atoms. The normalized spacial score (nSPS) is 36.6. The summed E-state index contributed by atoms with van der Waals surface area (Å²) >= 11 is 0. The molecule has 1 aliphatic rings. The summed E-state index contributed by atoms with van der Waals surface area (Å²) < 4.78 is 4.87. The van der Waals surface area contributed by atoms with Crippen molar-refractivity contribution in [2.75, 3.05) is 6.61 Å². The van der Waals surface area contributed by atoms with Gasteiger partial charge in [-0.2, -0.15) is 0 Å². The third-order valence-electron chi connectivity index (χ3n) is 3.21. The van der Waals surface area contributed by atoms with Crippen LogP contribution in [-0.2, 0) is 14.3 Å². The van der Waals surface area contributed by atoms with Crippen LogP contribution in [0.1, 0.15) is 13.8 Å². The minimum absolute atomic E-state index is 0.369. The van der Waals surface area contributed by atoms with E-state index in [4.69, 9.17) is 9.84 Å². The van der Waals surface area contributed by atoms with Crippen LogP contribution in [0.4, 0.5) is 0 Å². The van der Waals surface area contributed by atoms with Crippen molar-refractivity contribution in [3.05, 3.63) is 0 Å². The van der Waals surface area contributed by atoms with Crippen LogP contribution in [0, 0.1) is 5.92 Å². The lowest BCUT2D eigenvalue weighted by atomic mass is 9.96. The first-order valence-corrected chi connectivity index (χ1v) is 5.91. The Kier molecular flexibility index (Phi) is 5.39. The van der Waals surface area contributed by atoms with Gasteiger partial charge >= 0.3 is 0 Å². The van der Waals surface area contributed by atoms with Crippen LogP contribution in [0.15, 0.2) is 0 Å². The molecule has 1 heterocycles. The van der Waals surface area contributed by atoms with Crippen molar-refractivity contribution < 1.29 is 34.8 Å². The van der Waals surface area contributed by atoms with Crippen LogP contribution >= 0.6 is 0 Å². The Bertz CT molecular complexity index is 348. The van der Waals surface area contributed by atoms with Crippen molar-refractivity contribution in [3.63, 3.8) is 0 Å². The van der Waals surface area contributed by atoms with Crippen molar-refractivity contribution in [2.24, 2.45) is 5.92 Å². The third-order valence-corrected chi connectivity index (χ3v) is 3.21. The Morgan fingerprint density at radius 1 is 1.26 bits per heavy atom. The maximum atomic E-state index is 11.7. The molecule has 0 radical (unpaired) electrons. The average molecular weight is 277 g/mol. The Hall–Kier alpha value is -1.06. The summed E-state index contributed by atoms with van der Waals surface area (Å²) in [5, 5.41) is 40.2. The van der Waals surface area contributed by atoms with E-state index in [2.05, 4.69) is 5.32 Å². The number of ether oxygens (including phenoxy) is 1. The van der Waals surface area contributed by atoms with Crippen molar-refractivity contribution in [1.82, 2.24) is 5.32 Å². The molecule has 0 aliphatic carbocycles. The first-order chi connectivity index (χ1) is 8.79. The van der Waals surface area contributed by atoms with E-state index in [9.17, 15) is 24.9 Å². The fourth-order valence-electron chi connectivity index (χ4n) is 1.73. The molecule has 0 aromatic carbocycles. The number of aliphatic hydroxyl groups is 4. The van der Waals surface area contributed by atoms with Crippen LogP contribution in [0.2, 0.25) is 0 Å². The number of rotatable bonds is 4. The summed E-state index contributed by atoms with van der Waals surface area (Å²) in [6.45, 7) is 2.04. The van der Waals surface area contributed by atoms with Crippen LogP contribution in [0.25, 0.3) is 0 Å². The molecular weight excluding hydrogens is 258 g/mol. The summed E-state index contributed by atoms with van der Waals surface area (Å²) in [4.78, 5) is 22.7. The second-order valence-electron chi connectivity index (χ2n) is 4.60. The van der Waals surface area contributed by atoms with Gasteiger partial charge in [0.2, 0.25) is 5.91 Å². The molecular formula is C11H19NO7. The Morgan fingerprint density at radius 2 is 1.84 bits per heavy atom. The standard InChI is InChI=1S/C11H19NO7/c1-4(5(2)14)10(17)12-7-9(16)8(15)6(3-13)19-11(7)18/h4,6-9,11,13,15-16,18H,3H2,1-2H3,(H,12,17)/t4?,6?,7?,8-,9?,11+/m0/s1. The zero-order valence-corrected chi connectivity index (χ0v) is 10.7. The molecule has 8 heteroatoms. The van der Waals surface area contributed by atoms with Gasteiger partial charge < -0.3 is 30.5 Å². The predicted molar refractivity (Wildman–Crippen MR) is 61.8 cm³/mol. The topological polar surface area (TPSA) is 136 Å². The highest BCUT2D eigenvalue weighted by molar-refractivity contribution is 5.99. The van der Waals surface area contributed by atoms with E-state index < -0.39 is 49.1 Å². The van der Waals surface area contributed by atoms with E-state index >= 15 is 0 Å². The van der Waals surface area contributed by atoms with Crippen molar-refractivity contribution in [3.8, 4) is 0 Å². The van der Waals surface area contributed by atoms with Crippen molar-refractivity contribution in [1.29, 1.82) is 0 Å². The lowest BCUT2D eigenvalue weighted by molar-refractivity contribution is -0.254. The number of hydrogen-bond acceptors (Lipinski definition) is 7. The molecule has 0 aromatic rings. The molecule has 1 amide bonds. The number of ketones is 1. The van der Waals surface area contributed by atoms with Gasteiger partial charge in [-0.1, -0.05) is 0 Å². The summed E-state index contributed by atoms with van der Waals surface area (Å²) in [5.41, 5.74) is 0. The van der Waals surface area contributed by atoms with Gasteiger partial charge in [0.05, 0.1) is 12.5 Å². The predicted octanol–water partition coefficient (Wildman–Crippen LogP) is -2.87. The lowest BCUT2D eigenvalue weighted by Gasteiger charge is -2.40. The second kappa shape index (κ2) is 6.40. The van der Waals surface area contributed by atoms with Gasteiger partial charge in [0.15, 0.2) is 6.29 Å². The first-order valence-electron chi connectivity index (χ1n) is 5.91. The largest absolute Gasteiger partial charge is 0.394 e. The fraction of sp³-hybridized carbons (Fsp3) is 0.818. The molecule has 1 saturated heterocycles. The summed E-state index contributed by atoms with van der Waals surface area (Å²) in [6.07, 6.45) is -5.68. The summed E-state index contributed by atoms with van der Waals surface area (Å²) in [6, 6.07) is -1.27. The van der Waals surface area contributed by atoms with Crippen molar-refractivity contribution in [2.45, 2.75) is 44.5 Å². The molecule has 6 atom stereocenters. The molecule has 5 N–H and O–H groups in total. The van der Waals surface area contributed by atoms with Gasteiger partial charge in [-0.25, -0.2) is 0 Å². The molecule has 0 saturated carbocycles. The van der Waals surface area contributed by atoms with Gasteiger partial charge in [-0.15, -0.1) is 0 Å². The first kappa shape index (κ1) is 16.0. The summed E-state index contributed by atoms with van der Waals surface area (Å²) in [7, 11) is 0. The minimum Gasteiger partial charge on any atom is -0.394 e. The molecule has 0 spiro atoms. The Balaban J connectivity index is 2.72. The highest BCUT2D eigenvalue weighted by Gasteiger charge is 2.44. The molecule has 8 nitrogen and oxygen atoms in total. The smallest absolute Gasteiger partial charge is 0.230 e. The van der Waals surface area contributed by atoms with E-state index in [0.29, 0.717) is 0 Å². The van der Waals surface area contributed by atoms with Gasteiger partial charge in [0, 0.05) is 0 Å². The van der Waals surface area contributed by atoms with Crippen molar-refractivity contribution >= 4 is 11.7 Å². The monoisotopic (exact) mass is 277 g/mol. The van der Waals surface area contributed by atoms with Crippen LogP contribution < -0.4 is 5.32 Å². The number of nitrogens with one attached hydrogen (secondary N) is 1. The quantitative estimate of drug-likeness (QED) is 0.348. The highest BCUT2D eigenvalue weighted by atomic mass is 16.6. The lowest BCUT2D eigenvalue weighted by Crippen LogP contribution is -2.64. The van der Waals surface area contributed by atoms with E-state index in [1.165, 1.54) is 13.8 Å². The zero-order valence-electron chi connectivity index (χ0n) is 10.7. The Labute approximate surface area is 110 Å². The molecule has 19 heavy (non-hydrogen) atoms. The van der Waals surface area contributed by atoms with Gasteiger partial charge in [-0.3, -0.25) is 9.59 Å². The molecule has 1 rings (SSSR count). The summed E-state index contributed by atoms with van der Waals surface area (Å²) in [5.74, 6) is -1.99. The number of hydrogen-bond donors (Lipinski definition) is 5. The number of Topliss-reactive ketones (excluding diaryl/α,β-unsaturated/α-hetero) is 1. The molecule has 4 unspecified atom stereocenters. The maximum absolute atomic E-state index is 11.7. The number of carbonyl (C=O) groups is 2. The maximum Gasteiger partial charge on any atom is 0.230 e. The van der Waals surface area contributed by atoms with Gasteiger partial charge in [-0.05, 0) is 13.8 Å². The third kappa shape index (κ3) is 3.48. The Morgan fingerprint density at radius 3 is 2.32 bits per heavy atom. The van der Waals surface area contributed by atoms with E-state index in [0.717, 1.165) is 0 Å². The number of carbonyl (C=O) groups excluding carboxylic acids is 2.